The second-order valence-electron chi connectivity index (χ2n) is 4.85. The average molecular weight is 276 g/mol. The SMILES string of the molecule is CN(c1ccccc1)c1cc(C(=N)N)c2ccccc2n1. The number of hydrogen-bond donors (Lipinski definition) is 2. The Hall–Kier alpha value is -2.88. The van der Waals surface area contributed by atoms with Crippen molar-refractivity contribution in [3.05, 3.63) is 66.2 Å². The van der Waals surface area contributed by atoms with Gasteiger partial charge in [0, 0.05) is 23.7 Å². The lowest BCUT2D eigenvalue weighted by Crippen LogP contribution is -2.16. The number of fused-ring (bicyclic) bond motifs is 1. The minimum atomic E-state index is 0.0521. The lowest BCUT2D eigenvalue weighted by Gasteiger charge is -2.20. The largest absolute Gasteiger partial charge is 0.384 e. The number of amidine groups is 1. The summed E-state index contributed by atoms with van der Waals surface area (Å²) < 4.78 is 0. The minimum absolute atomic E-state index is 0.0521. The van der Waals surface area contributed by atoms with E-state index in [1.54, 1.807) is 0 Å². The molecule has 0 aliphatic heterocycles. The summed E-state index contributed by atoms with van der Waals surface area (Å²) in [6.07, 6.45) is 0. The molecule has 3 N–H and O–H groups in total. The fourth-order valence-electron chi connectivity index (χ4n) is 2.34. The number of nitrogens with two attached hydrogens (primary N) is 1. The number of nitrogens with zero attached hydrogens (tertiary/aromatic N) is 2. The predicted octanol–water partition coefficient (Wildman–Crippen LogP) is 3.29. The minimum Gasteiger partial charge on any atom is -0.384 e. The molecular weight excluding hydrogens is 260 g/mol. The Balaban J connectivity index is 2.18. The molecule has 0 radical (unpaired) electrons. The molecule has 0 amide bonds. The zero-order chi connectivity index (χ0) is 14.8. The molecule has 3 rings (SSSR count). The first-order chi connectivity index (χ1) is 10.2. The van der Waals surface area contributed by atoms with Crippen LogP contribution >= 0.6 is 0 Å². The van der Waals surface area contributed by atoms with Crippen LogP contribution in [0.25, 0.3) is 10.9 Å². The first-order valence-corrected chi connectivity index (χ1v) is 6.70. The summed E-state index contributed by atoms with van der Waals surface area (Å²) in [4.78, 5) is 6.65. The summed E-state index contributed by atoms with van der Waals surface area (Å²) in [6.45, 7) is 0. The number of para-hydroxylation sites is 2. The molecule has 4 heteroatoms. The van der Waals surface area contributed by atoms with Crippen molar-refractivity contribution in [2.75, 3.05) is 11.9 Å². The van der Waals surface area contributed by atoms with Crippen LogP contribution in [0.5, 0.6) is 0 Å². The van der Waals surface area contributed by atoms with Gasteiger partial charge in [0.1, 0.15) is 11.7 Å². The molecule has 0 aliphatic carbocycles. The molecule has 0 saturated carbocycles. The summed E-state index contributed by atoms with van der Waals surface area (Å²) in [5.74, 6) is 0.821. The van der Waals surface area contributed by atoms with Crippen LogP contribution < -0.4 is 10.6 Å². The van der Waals surface area contributed by atoms with Gasteiger partial charge >= 0.3 is 0 Å². The van der Waals surface area contributed by atoms with Crippen LogP contribution in [0, 0.1) is 5.41 Å². The zero-order valence-corrected chi connectivity index (χ0v) is 11.7. The Morgan fingerprint density at radius 1 is 1.05 bits per heavy atom. The first-order valence-electron chi connectivity index (χ1n) is 6.70. The second-order valence-corrected chi connectivity index (χ2v) is 4.85. The molecule has 0 fully saturated rings. The molecule has 104 valence electrons. The van der Waals surface area contributed by atoms with Gasteiger partial charge < -0.3 is 10.6 Å². The van der Waals surface area contributed by atoms with Gasteiger partial charge in [0.15, 0.2) is 0 Å². The van der Waals surface area contributed by atoms with E-state index in [1.807, 2.05) is 72.6 Å². The van der Waals surface area contributed by atoms with E-state index >= 15 is 0 Å². The van der Waals surface area contributed by atoms with Crippen molar-refractivity contribution in [2.24, 2.45) is 5.73 Å². The maximum atomic E-state index is 7.79. The molecule has 0 atom stereocenters. The summed E-state index contributed by atoms with van der Waals surface area (Å²) in [6, 6.07) is 19.6. The summed E-state index contributed by atoms with van der Waals surface area (Å²) in [5.41, 5.74) is 8.30. The van der Waals surface area contributed by atoms with Crippen molar-refractivity contribution >= 4 is 28.2 Å². The summed E-state index contributed by atoms with van der Waals surface area (Å²) in [7, 11) is 1.95. The molecule has 1 heterocycles. The first kappa shape index (κ1) is 13.1. The average Bonchev–Trinajstić information content (AvgIpc) is 2.53. The van der Waals surface area contributed by atoms with E-state index in [9.17, 15) is 0 Å². The quantitative estimate of drug-likeness (QED) is 0.570. The van der Waals surface area contributed by atoms with Crippen molar-refractivity contribution in [1.29, 1.82) is 5.41 Å². The molecule has 1 aromatic heterocycles. The molecule has 0 spiro atoms. The Morgan fingerprint density at radius 3 is 2.43 bits per heavy atom. The molecular formula is C17H16N4. The molecule has 0 unspecified atom stereocenters. The highest BCUT2D eigenvalue weighted by Crippen LogP contribution is 2.26. The van der Waals surface area contributed by atoms with E-state index in [0.29, 0.717) is 5.56 Å². The fraction of sp³-hybridized carbons (Fsp3) is 0.0588. The lowest BCUT2D eigenvalue weighted by atomic mass is 10.1. The lowest BCUT2D eigenvalue weighted by molar-refractivity contribution is 1.14. The predicted molar refractivity (Wildman–Crippen MR) is 87.3 cm³/mol. The number of anilines is 2. The monoisotopic (exact) mass is 276 g/mol. The maximum Gasteiger partial charge on any atom is 0.134 e. The Morgan fingerprint density at radius 2 is 1.71 bits per heavy atom. The fourth-order valence-corrected chi connectivity index (χ4v) is 2.34. The van der Waals surface area contributed by atoms with E-state index in [0.717, 1.165) is 22.4 Å². The van der Waals surface area contributed by atoms with Gasteiger partial charge in [-0.15, -0.1) is 0 Å². The normalized spacial score (nSPS) is 10.5. The molecule has 3 aromatic rings. The van der Waals surface area contributed by atoms with Crippen molar-refractivity contribution < 1.29 is 0 Å². The van der Waals surface area contributed by atoms with Crippen LogP contribution in [-0.4, -0.2) is 17.9 Å². The van der Waals surface area contributed by atoms with Gasteiger partial charge in [0.2, 0.25) is 0 Å². The summed E-state index contributed by atoms with van der Waals surface area (Å²) in [5, 5.41) is 8.69. The highest BCUT2D eigenvalue weighted by Gasteiger charge is 2.11. The van der Waals surface area contributed by atoms with Gasteiger partial charge in [-0.1, -0.05) is 36.4 Å². The van der Waals surface area contributed by atoms with Crippen LogP contribution in [0.1, 0.15) is 5.56 Å². The number of rotatable bonds is 3. The topological polar surface area (TPSA) is 66.0 Å². The van der Waals surface area contributed by atoms with Gasteiger partial charge in [-0.05, 0) is 24.3 Å². The number of nitrogens with one attached hydrogen (secondary N) is 1. The smallest absolute Gasteiger partial charge is 0.134 e. The third-order valence-corrected chi connectivity index (χ3v) is 3.48. The third kappa shape index (κ3) is 2.43. The molecule has 0 aliphatic rings. The number of nitrogen functional groups attached to an aromatic ring is 1. The highest BCUT2D eigenvalue weighted by molar-refractivity contribution is 6.07. The number of pyridine rings is 1. The van der Waals surface area contributed by atoms with Crippen molar-refractivity contribution in [1.82, 2.24) is 4.98 Å². The van der Waals surface area contributed by atoms with Crippen LogP contribution in [-0.2, 0) is 0 Å². The van der Waals surface area contributed by atoms with Crippen LogP contribution in [0.3, 0.4) is 0 Å². The van der Waals surface area contributed by atoms with Gasteiger partial charge in [0.05, 0.1) is 5.52 Å². The van der Waals surface area contributed by atoms with Crippen LogP contribution in [0.2, 0.25) is 0 Å². The molecule has 0 saturated heterocycles. The number of aromatic nitrogens is 1. The molecule has 4 nitrogen and oxygen atoms in total. The second kappa shape index (κ2) is 5.25. The Bertz CT molecular complexity index is 796. The van der Waals surface area contributed by atoms with Gasteiger partial charge in [-0.2, -0.15) is 0 Å². The number of hydrogen-bond acceptors (Lipinski definition) is 3. The van der Waals surface area contributed by atoms with Gasteiger partial charge in [-0.3, -0.25) is 5.41 Å². The van der Waals surface area contributed by atoms with Crippen molar-refractivity contribution in [3.8, 4) is 0 Å². The summed E-state index contributed by atoms with van der Waals surface area (Å²) >= 11 is 0. The van der Waals surface area contributed by atoms with Gasteiger partial charge in [0.25, 0.3) is 0 Å². The van der Waals surface area contributed by atoms with Gasteiger partial charge in [-0.25, -0.2) is 4.98 Å². The van der Waals surface area contributed by atoms with E-state index in [4.69, 9.17) is 11.1 Å². The molecule has 2 aromatic carbocycles. The maximum absolute atomic E-state index is 7.79. The Kier molecular flexibility index (Phi) is 3.28. The Labute approximate surface area is 123 Å². The van der Waals surface area contributed by atoms with E-state index < -0.39 is 0 Å². The van der Waals surface area contributed by atoms with E-state index in [1.165, 1.54) is 0 Å². The van der Waals surface area contributed by atoms with E-state index in [-0.39, 0.29) is 5.84 Å². The standard InChI is InChI=1S/C17H16N4/c1-21(12-7-3-2-4-8-12)16-11-14(17(18)19)13-9-5-6-10-15(13)20-16/h2-11H,1H3,(H3,18,19). The number of benzene rings is 2. The van der Waals surface area contributed by atoms with Crippen molar-refractivity contribution in [2.45, 2.75) is 0 Å². The van der Waals surface area contributed by atoms with Crippen LogP contribution in [0.15, 0.2) is 60.7 Å². The van der Waals surface area contributed by atoms with Crippen LogP contribution in [0.4, 0.5) is 11.5 Å². The zero-order valence-electron chi connectivity index (χ0n) is 11.7. The highest BCUT2D eigenvalue weighted by atomic mass is 15.2. The van der Waals surface area contributed by atoms with Crippen molar-refractivity contribution in [3.63, 3.8) is 0 Å². The molecule has 0 bridgehead atoms. The van der Waals surface area contributed by atoms with E-state index in [2.05, 4.69) is 4.98 Å². The third-order valence-electron chi connectivity index (χ3n) is 3.48. The molecule has 21 heavy (non-hydrogen) atoms.